The van der Waals surface area contributed by atoms with Crippen LogP contribution in [-0.2, 0) is 9.31 Å². The number of carbonyl (C=O) groups is 1. The smallest absolute Gasteiger partial charge is 0.465 e. The number of hydrogen-bond donors (Lipinski definition) is 2. The fraction of sp³-hybridized carbons (Fsp3) is 0.750. The molecule has 1 atom stereocenters. The lowest BCUT2D eigenvalue weighted by atomic mass is 9.78. The molecule has 1 saturated heterocycles. The SMILES string of the molecule is CC1(C)OB(C2=CC(NC(=O)O)CC2)OC1(C)C. The summed E-state index contributed by atoms with van der Waals surface area (Å²) in [4.78, 5) is 10.6. The zero-order valence-electron chi connectivity index (χ0n) is 11.3. The van der Waals surface area contributed by atoms with Gasteiger partial charge in [-0.2, -0.15) is 0 Å². The summed E-state index contributed by atoms with van der Waals surface area (Å²) in [6.45, 7) is 8.04. The Kier molecular flexibility index (Phi) is 3.19. The van der Waals surface area contributed by atoms with Crippen LogP contribution in [0.15, 0.2) is 11.5 Å². The van der Waals surface area contributed by atoms with Gasteiger partial charge in [0.15, 0.2) is 0 Å². The number of amides is 1. The lowest BCUT2D eigenvalue weighted by Crippen LogP contribution is -2.41. The average Bonchev–Trinajstić information content (AvgIpc) is 2.70. The third kappa shape index (κ3) is 2.40. The molecule has 6 heteroatoms. The highest BCUT2D eigenvalue weighted by atomic mass is 16.7. The van der Waals surface area contributed by atoms with Crippen molar-refractivity contribution in [2.24, 2.45) is 0 Å². The van der Waals surface area contributed by atoms with Crippen molar-refractivity contribution in [3.63, 3.8) is 0 Å². The second-order valence-corrected chi connectivity index (χ2v) is 5.92. The zero-order valence-corrected chi connectivity index (χ0v) is 11.3. The van der Waals surface area contributed by atoms with Crippen LogP contribution in [0.1, 0.15) is 40.5 Å². The number of hydrogen-bond acceptors (Lipinski definition) is 3. The number of nitrogens with one attached hydrogen (secondary N) is 1. The van der Waals surface area contributed by atoms with E-state index in [1.807, 2.05) is 33.8 Å². The van der Waals surface area contributed by atoms with E-state index in [0.29, 0.717) is 0 Å². The molecule has 1 fully saturated rings. The molecule has 0 spiro atoms. The van der Waals surface area contributed by atoms with Crippen LogP contribution in [0.25, 0.3) is 0 Å². The molecule has 18 heavy (non-hydrogen) atoms. The van der Waals surface area contributed by atoms with Gasteiger partial charge in [0.2, 0.25) is 0 Å². The van der Waals surface area contributed by atoms with E-state index >= 15 is 0 Å². The predicted octanol–water partition coefficient (Wildman–Crippen LogP) is 1.97. The molecule has 2 rings (SSSR count). The van der Waals surface area contributed by atoms with Gasteiger partial charge in [0, 0.05) is 0 Å². The van der Waals surface area contributed by atoms with Gasteiger partial charge in [-0.1, -0.05) is 6.08 Å². The second kappa shape index (κ2) is 4.28. The molecular weight excluding hydrogens is 233 g/mol. The predicted molar refractivity (Wildman–Crippen MR) is 68.3 cm³/mol. The molecule has 1 unspecified atom stereocenters. The van der Waals surface area contributed by atoms with Crippen molar-refractivity contribution in [1.82, 2.24) is 5.32 Å². The van der Waals surface area contributed by atoms with Gasteiger partial charge < -0.3 is 19.7 Å². The van der Waals surface area contributed by atoms with Crippen LogP contribution in [0.2, 0.25) is 0 Å². The van der Waals surface area contributed by atoms with Crippen LogP contribution >= 0.6 is 0 Å². The number of allylic oxidation sites excluding steroid dienone is 1. The molecule has 100 valence electrons. The second-order valence-electron chi connectivity index (χ2n) is 5.92. The Morgan fingerprint density at radius 2 is 1.94 bits per heavy atom. The van der Waals surface area contributed by atoms with Gasteiger partial charge >= 0.3 is 13.2 Å². The topological polar surface area (TPSA) is 67.8 Å². The summed E-state index contributed by atoms with van der Waals surface area (Å²) < 4.78 is 11.9. The van der Waals surface area contributed by atoms with Crippen LogP contribution in [0.4, 0.5) is 4.79 Å². The van der Waals surface area contributed by atoms with E-state index < -0.39 is 6.09 Å². The Bertz CT molecular complexity index is 376. The maximum Gasteiger partial charge on any atom is 0.490 e. The first-order valence-electron chi connectivity index (χ1n) is 6.27. The summed E-state index contributed by atoms with van der Waals surface area (Å²) in [5.74, 6) is 0. The van der Waals surface area contributed by atoms with E-state index in [1.54, 1.807) is 0 Å². The Morgan fingerprint density at radius 3 is 2.44 bits per heavy atom. The third-order valence-corrected chi connectivity index (χ3v) is 4.02. The monoisotopic (exact) mass is 253 g/mol. The van der Waals surface area contributed by atoms with E-state index in [-0.39, 0.29) is 24.4 Å². The van der Waals surface area contributed by atoms with E-state index in [4.69, 9.17) is 14.4 Å². The fourth-order valence-corrected chi connectivity index (χ4v) is 2.21. The number of carboxylic acid groups (broad SMARTS) is 1. The lowest BCUT2D eigenvalue weighted by molar-refractivity contribution is 0.00578. The molecule has 5 nitrogen and oxygen atoms in total. The molecule has 0 aromatic carbocycles. The van der Waals surface area contributed by atoms with Gasteiger partial charge in [0.05, 0.1) is 17.2 Å². The average molecular weight is 253 g/mol. The summed E-state index contributed by atoms with van der Waals surface area (Å²) in [5, 5.41) is 11.2. The van der Waals surface area contributed by atoms with Crippen LogP contribution in [-0.4, -0.2) is 35.6 Å². The maximum atomic E-state index is 10.6. The maximum absolute atomic E-state index is 10.6. The molecule has 0 bridgehead atoms. The molecule has 0 aromatic heterocycles. The highest BCUT2D eigenvalue weighted by Crippen LogP contribution is 2.40. The van der Waals surface area contributed by atoms with Crippen molar-refractivity contribution in [3.05, 3.63) is 11.5 Å². The Balaban J connectivity index is 2.05. The molecule has 0 radical (unpaired) electrons. The zero-order chi connectivity index (χ0) is 13.6. The molecule has 0 aromatic rings. The van der Waals surface area contributed by atoms with Crippen molar-refractivity contribution >= 4 is 13.2 Å². The van der Waals surface area contributed by atoms with Crippen LogP contribution in [0.3, 0.4) is 0 Å². The van der Waals surface area contributed by atoms with Gasteiger partial charge in [-0.15, -0.1) is 0 Å². The molecule has 2 N–H and O–H groups in total. The van der Waals surface area contributed by atoms with Gasteiger partial charge in [-0.25, -0.2) is 4.79 Å². The van der Waals surface area contributed by atoms with Crippen molar-refractivity contribution < 1.29 is 19.2 Å². The van der Waals surface area contributed by atoms with Crippen molar-refractivity contribution in [2.75, 3.05) is 0 Å². The van der Waals surface area contributed by atoms with Crippen molar-refractivity contribution in [1.29, 1.82) is 0 Å². The summed E-state index contributed by atoms with van der Waals surface area (Å²) in [6, 6.07) is -0.128. The van der Waals surface area contributed by atoms with Gasteiger partial charge in [-0.3, -0.25) is 0 Å². The lowest BCUT2D eigenvalue weighted by Gasteiger charge is -2.32. The largest absolute Gasteiger partial charge is 0.490 e. The van der Waals surface area contributed by atoms with E-state index in [0.717, 1.165) is 18.3 Å². The van der Waals surface area contributed by atoms with E-state index in [9.17, 15) is 4.79 Å². The molecule has 2 aliphatic rings. The Morgan fingerprint density at radius 1 is 1.39 bits per heavy atom. The Labute approximate surface area is 108 Å². The summed E-state index contributed by atoms with van der Waals surface area (Å²) in [7, 11) is -0.351. The summed E-state index contributed by atoms with van der Waals surface area (Å²) in [6.07, 6.45) is 2.50. The molecule has 1 heterocycles. The molecule has 0 saturated carbocycles. The quantitative estimate of drug-likeness (QED) is 0.738. The summed E-state index contributed by atoms with van der Waals surface area (Å²) in [5.41, 5.74) is 0.334. The van der Waals surface area contributed by atoms with Gasteiger partial charge in [-0.05, 0) is 46.0 Å². The van der Waals surface area contributed by atoms with E-state index in [1.165, 1.54) is 0 Å². The van der Waals surface area contributed by atoms with Gasteiger partial charge in [0.1, 0.15) is 0 Å². The first kappa shape index (κ1) is 13.4. The number of rotatable bonds is 2. The van der Waals surface area contributed by atoms with Crippen molar-refractivity contribution in [2.45, 2.75) is 57.8 Å². The van der Waals surface area contributed by atoms with Crippen molar-refractivity contribution in [3.8, 4) is 0 Å². The fourth-order valence-electron chi connectivity index (χ4n) is 2.21. The molecular formula is C12H20BNO4. The third-order valence-electron chi connectivity index (χ3n) is 4.02. The minimum absolute atomic E-state index is 0.128. The molecule has 1 amide bonds. The first-order chi connectivity index (χ1) is 8.21. The minimum Gasteiger partial charge on any atom is -0.465 e. The normalized spacial score (nSPS) is 29.2. The summed E-state index contributed by atoms with van der Waals surface area (Å²) >= 11 is 0. The van der Waals surface area contributed by atoms with E-state index in [2.05, 4.69) is 5.32 Å². The van der Waals surface area contributed by atoms with Crippen LogP contribution < -0.4 is 5.32 Å². The highest BCUT2D eigenvalue weighted by Gasteiger charge is 2.52. The van der Waals surface area contributed by atoms with Gasteiger partial charge in [0.25, 0.3) is 0 Å². The van der Waals surface area contributed by atoms with Crippen LogP contribution in [0.5, 0.6) is 0 Å². The minimum atomic E-state index is -0.994. The molecule has 1 aliphatic carbocycles. The Hall–Kier alpha value is -1.01. The molecule has 1 aliphatic heterocycles. The van der Waals surface area contributed by atoms with Crippen LogP contribution in [0, 0.1) is 0 Å². The standard InChI is InChI=1S/C12H20BNO4/c1-11(2)12(3,4)18-13(17-11)8-5-6-9(7-8)14-10(15)16/h7,9,14H,5-6H2,1-4H3,(H,15,16). The first-order valence-corrected chi connectivity index (χ1v) is 6.27. The highest BCUT2D eigenvalue weighted by molar-refractivity contribution is 6.54.